The van der Waals surface area contributed by atoms with Gasteiger partial charge in [-0.1, -0.05) is 35.3 Å². The summed E-state index contributed by atoms with van der Waals surface area (Å²) in [5, 5.41) is 0.731. The molecule has 0 spiro atoms. The first kappa shape index (κ1) is 17.3. The van der Waals surface area contributed by atoms with Crippen molar-refractivity contribution in [2.45, 2.75) is 6.54 Å². The Morgan fingerprint density at radius 2 is 1.85 bits per heavy atom. The zero-order valence-corrected chi connectivity index (χ0v) is 15.6. The predicted molar refractivity (Wildman–Crippen MR) is 103 cm³/mol. The van der Waals surface area contributed by atoms with Gasteiger partial charge in [0, 0.05) is 45.1 Å². The summed E-state index contributed by atoms with van der Waals surface area (Å²) in [6.07, 6.45) is 4.05. The van der Waals surface area contributed by atoms with E-state index >= 15 is 0 Å². The Morgan fingerprint density at radius 1 is 1.04 bits per heavy atom. The average molecular weight is 389 g/mol. The van der Waals surface area contributed by atoms with Crippen LogP contribution in [0, 0.1) is 0 Å². The fourth-order valence-corrected chi connectivity index (χ4v) is 3.62. The van der Waals surface area contributed by atoms with Crippen molar-refractivity contribution in [1.82, 2.24) is 19.2 Å². The molecule has 1 amide bonds. The lowest BCUT2D eigenvalue weighted by atomic mass is 10.1. The van der Waals surface area contributed by atoms with Crippen LogP contribution < -0.4 is 0 Å². The summed E-state index contributed by atoms with van der Waals surface area (Å²) in [5.74, 6) is -0.0649. The molecule has 7 heteroatoms. The van der Waals surface area contributed by atoms with Crippen molar-refractivity contribution in [1.29, 1.82) is 0 Å². The molecule has 26 heavy (non-hydrogen) atoms. The summed E-state index contributed by atoms with van der Waals surface area (Å²) in [5.41, 5.74) is 2.45. The van der Waals surface area contributed by atoms with E-state index in [9.17, 15) is 4.79 Å². The minimum Gasteiger partial charge on any atom is -0.336 e. The third-order valence-corrected chi connectivity index (χ3v) is 5.46. The zero-order chi connectivity index (χ0) is 18.1. The molecule has 134 valence electrons. The molecule has 1 saturated heterocycles. The predicted octanol–water partition coefficient (Wildman–Crippen LogP) is 3.60. The standard InChI is InChI=1S/C19H18Cl2N4O/c20-16-5-3-4-15(18(16)21)19(26)24-10-8-23(9-11-24)12-14-13-25-7-2-1-6-17(25)22-14/h1-7,13H,8-12H2. The summed E-state index contributed by atoms with van der Waals surface area (Å²) in [4.78, 5) is 21.5. The van der Waals surface area contributed by atoms with Crippen LogP contribution >= 0.6 is 23.2 Å². The maximum absolute atomic E-state index is 12.7. The molecule has 0 unspecified atom stereocenters. The number of halogens is 2. The summed E-state index contributed by atoms with van der Waals surface area (Å²) >= 11 is 12.2. The number of carbonyl (C=O) groups is 1. The van der Waals surface area contributed by atoms with E-state index in [2.05, 4.69) is 16.1 Å². The Hall–Kier alpha value is -2.08. The molecule has 0 atom stereocenters. The van der Waals surface area contributed by atoms with Gasteiger partial charge in [-0.25, -0.2) is 4.98 Å². The maximum atomic E-state index is 12.7. The smallest absolute Gasteiger partial charge is 0.255 e. The van der Waals surface area contributed by atoms with Crippen LogP contribution in [0.15, 0.2) is 48.8 Å². The highest BCUT2D eigenvalue weighted by Gasteiger charge is 2.24. The first-order valence-electron chi connectivity index (χ1n) is 8.50. The van der Waals surface area contributed by atoms with E-state index in [0.29, 0.717) is 28.7 Å². The van der Waals surface area contributed by atoms with Crippen LogP contribution in [0.3, 0.4) is 0 Å². The number of amides is 1. The minimum absolute atomic E-state index is 0.0649. The van der Waals surface area contributed by atoms with Gasteiger partial charge in [-0.2, -0.15) is 0 Å². The number of aromatic nitrogens is 2. The Kier molecular flexibility index (Phi) is 4.85. The molecule has 0 aliphatic carbocycles. The van der Waals surface area contributed by atoms with Crippen molar-refractivity contribution in [2.24, 2.45) is 0 Å². The van der Waals surface area contributed by atoms with E-state index in [-0.39, 0.29) is 5.91 Å². The molecule has 2 aromatic heterocycles. The molecule has 1 aromatic carbocycles. The number of pyridine rings is 1. The largest absolute Gasteiger partial charge is 0.336 e. The van der Waals surface area contributed by atoms with Crippen molar-refractivity contribution < 1.29 is 4.79 Å². The first-order valence-corrected chi connectivity index (χ1v) is 9.25. The second-order valence-electron chi connectivity index (χ2n) is 6.37. The molecular formula is C19H18Cl2N4O. The highest BCUT2D eigenvalue weighted by Crippen LogP contribution is 2.26. The monoisotopic (exact) mass is 388 g/mol. The quantitative estimate of drug-likeness (QED) is 0.688. The van der Waals surface area contributed by atoms with Crippen LogP contribution in [0.4, 0.5) is 0 Å². The third-order valence-electron chi connectivity index (χ3n) is 4.64. The molecule has 3 aromatic rings. The van der Waals surface area contributed by atoms with E-state index in [1.165, 1.54) is 0 Å². The van der Waals surface area contributed by atoms with E-state index in [1.54, 1.807) is 18.2 Å². The highest BCUT2D eigenvalue weighted by molar-refractivity contribution is 6.43. The molecule has 3 heterocycles. The van der Waals surface area contributed by atoms with E-state index in [0.717, 1.165) is 31.0 Å². The van der Waals surface area contributed by atoms with E-state index in [4.69, 9.17) is 23.2 Å². The fraction of sp³-hybridized carbons (Fsp3) is 0.263. The second-order valence-corrected chi connectivity index (χ2v) is 7.15. The molecule has 0 bridgehead atoms. The van der Waals surface area contributed by atoms with Crippen molar-refractivity contribution in [3.05, 3.63) is 70.1 Å². The van der Waals surface area contributed by atoms with E-state index in [1.807, 2.05) is 33.7 Å². The average Bonchev–Trinajstić information content (AvgIpc) is 3.06. The summed E-state index contributed by atoms with van der Waals surface area (Å²) in [6.45, 7) is 3.71. The van der Waals surface area contributed by atoms with Crippen molar-refractivity contribution in [3.8, 4) is 0 Å². The lowest BCUT2D eigenvalue weighted by molar-refractivity contribution is 0.0627. The van der Waals surface area contributed by atoms with Crippen LogP contribution in [0.5, 0.6) is 0 Å². The Balaban J connectivity index is 1.39. The molecule has 1 aliphatic rings. The zero-order valence-electron chi connectivity index (χ0n) is 14.1. The van der Waals surface area contributed by atoms with Crippen molar-refractivity contribution in [3.63, 3.8) is 0 Å². The van der Waals surface area contributed by atoms with Gasteiger partial charge in [0.05, 0.1) is 21.3 Å². The van der Waals surface area contributed by atoms with Gasteiger partial charge < -0.3 is 9.30 Å². The van der Waals surface area contributed by atoms with Crippen LogP contribution in [-0.4, -0.2) is 51.3 Å². The third kappa shape index (κ3) is 3.43. The van der Waals surface area contributed by atoms with Gasteiger partial charge in [-0.3, -0.25) is 9.69 Å². The van der Waals surface area contributed by atoms with Crippen LogP contribution in [-0.2, 0) is 6.54 Å². The molecule has 0 saturated carbocycles. The van der Waals surface area contributed by atoms with Gasteiger partial charge in [-0.15, -0.1) is 0 Å². The molecule has 1 fully saturated rings. The molecule has 1 aliphatic heterocycles. The molecule has 0 radical (unpaired) electrons. The van der Waals surface area contributed by atoms with Gasteiger partial charge in [0.1, 0.15) is 5.65 Å². The second kappa shape index (κ2) is 7.27. The SMILES string of the molecule is O=C(c1cccc(Cl)c1Cl)N1CCN(Cc2cn3ccccc3n2)CC1. The van der Waals surface area contributed by atoms with Gasteiger partial charge >= 0.3 is 0 Å². The molecule has 4 rings (SSSR count). The maximum Gasteiger partial charge on any atom is 0.255 e. The summed E-state index contributed by atoms with van der Waals surface area (Å²) in [6, 6.07) is 11.1. The highest BCUT2D eigenvalue weighted by atomic mass is 35.5. The minimum atomic E-state index is -0.0649. The van der Waals surface area contributed by atoms with Crippen molar-refractivity contribution in [2.75, 3.05) is 26.2 Å². The lowest BCUT2D eigenvalue weighted by Crippen LogP contribution is -2.48. The number of benzene rings is 1. The number of piperazine rings is 1. The van der Waals surface area contributed by atoms with E-state index < -0.39 is 0 Å². The van der Waals surface area contributed by atoms with Crippen LogP contribution in [0.1, 0.15) is 16.1 Å². The van der Waals surface area contributed by atoms with Crippen molar-refractivity contribution >= 4 is 34.8 Å². The lowest BCUT2D eigenvalue weighted by Gasteiger charge is -2.34. The number of fused-ring (bicyclic) bond motifs is 1. The Bertz CT molecular complexity index is 915. The molecule has 0 N–H and O–H groups in total. The number of rotatable bonds is 3. The van der Waals surface area contributed by atoms with Gasteiger partial charge in [0.15, 0.2) is 0 Å². The van der Waals surface area contributed by atoms with Gasteiger partial charge in [0.2, 0.25) is 0 Å². The normalized spacial score (nSPS) is 15.5. The van der Waals surface area contributed by atoms with Crippen LogP contribution in [0.2, 0.25) is 10.0 Å². The van der Waals surface area contributed by atoms with Gasteiger partial charge in [0.25, 0.3) is 5.91 Å². The Labute approximate surface area is 161 Å². The topological polar surface area (TPSA) is 40.9 Å². The fourth-order valence-electron chi connectivity index (χ4n) is 3.24. The summed E-state index contributed by atoms with van der Waals surface area (Å²) < 4.78 is 2.02. The molecular weight excluding hydrogens is 371 g/mol. The number of hydrogen-bond acceptors (Lipinski definition) is 3. The number of nitrogens with zero attached hydrogens (tertiary/aromatic N) is 4. The first-order chi connectivity index (χ1) is 12.6. The number of carbonyl (C=O) groups excluding carboxylic acids is 1. The summed E-state index contributed by atoms with van der Waals surface area (Å²) in [7, 11) is 0. The Morgan fingerprint density at radius 3 is 2.62 bits per heavy atom. The van der Waals surface area contributed by atoms with Gasteiger partial charge in [-0.05, 0) is 24.3 Å². The molecule has 5 nitrogen and oxygen atoms in total. The number of hydrogen-bond donors (Lipinski definition) is 0. The van der Waals surface area contributed by atoms with Crippen LogP contribution in [0.25, 0.3) is 5.65 Å². The number of imidazole rings is 1.